The first-order chi connectivity index (χ1) is 19.9. The minimum atomic E-state index is -0.386. The van der Waals surface area contributed by atoms with Gasteiger partial charge in [-0.3, -0.25) is 9.48 Å². The highest BCUT2D eigenvalue weighted by Gasteiger charge is 2.23. The second kappa shape index (κ2) is 13.2. The number of aromatic nitrogens is 4. The monoisotopic (exact) mass is 576 g/mol. The number of pyridine rings is 1. The summed E-state index contributed by atoms with van der Waals surface area (Å²) in [6, 6.07) is 16.2. The molecule has 214 valence electrons. The molecule has 1 aliphatic rings. The molecule has 4 aromatic rings. The van der Waals surface area contributed by atoms with Crippen molar-refractivity contribution in [3.05, 3.63) is 99.7 Å². The topological polar surface area (TPSA) is 76.4 Å². The van der Waals surface area contributed by atoms with Crippen molar-refractivity contribution in [2.45, 2.75) is 38.8 Å². The Morgan fingerprint density at radius 1 is 1.15 bits per heavy atom. The van der Waals surface area contributed by atoms with Crippen LogP contribution in [0, 0.1) is 12.7 Å². The van der Waals surface area contributed by atoms with Gasteiger partial charge in [-0.2, -0.15) is 0 Å². The number of anilines is 1. The number of rotatable bonds is 11. The van der Waals surface area contributed by atoms with Gasteiger partial charge in [0, 0.05) is 65.8 Å². The van der Waals surface area contributed by atoms with Gasteiger partial charge in [0.05, 0.1) is 6.54 Å². The third kappa shape index (κ3) is 7.48. The molecule has 0 amide bonds. The lowest BCUT2D eigenvalue weighted by Crippen LogP contribution is -2.39. The minimum absolute atomic E-state index is 0.0954. The summed E-state index contributed by atoms with van der Waals surface area (Å²) >= 11 is 5.85. The van der Waals surface area contributed by atoms with E-state index in [1.807, 2.05) is 43.6 Å². The van der Waals surface area contributed by atoms with Gasteiger partial charge in [-0.05, 0) is 62.7 Å². The van der Waals surface area contributed by atoms with Gasteiger partial charge in [0.1, 0.15) is 24.4 Å². The number of carbonyl (C=O) groups excluding carboxylic acids is 1. The number of hydrogen-bond donors (Lipinski definition) is 0. The molecule has 0 N–H and O–H groups in total. The van der Waals surface area contributed by atoms with Crippen LogP contribution >= 0.6 is 11.6 Å². The SMILES string of the molecule is Cc1ccc(C=O)cc1N(CCN1CCC(c2cccc(OCc3ccc(Cl)cc3F)n2)CC1)Cc1cn(C)nn1. The standard InChI is InChI=1S/C31H34ClFN6O2/c1-22-6-7-23(20-40)16-30(22)39(19-27-18-37(2)36-35-27)15-14-38-12-10-24(11-13-38)29-4-3-5-31(34-29)41-21-25-8-9-26(32)17-28(25)33/h3-9,16-18,20,24H,10-15,19,21H2,1-2H3. The fourth-order valence-corrected chi connectivity index (χ4v) is 5.39. The number of nitrogens with zero attached hydrogens (tertiary/aromatic N) is 6. The predicted octanol–water partition coefficient (Wildman–Crippen LogP) is 5.59. The Labute approximate surface area is 244 Å². The van der Waals surface area contributed by atoms with Crippen molar-refractivity contribution in [1.29, 1.82) is 0 Å². The summed E-state index contributed by atoms with van der Waals surface area (Å²) in [7, 11) is 1.86. The Morgan fingerprint density at radius 3 is 2.71 bits per heavy atom. The van der Waals surface area contributed by atoms with E-state index in [2.05, 4.69) is 27.0 Å². The summed E-state index contributed by atoms with van der Waals surface area (Å²) in [5.41, 5.74) is 5.14. The summed E-state index contributed by atoms with van der Waals surface area (Å²) in [5.74, 6) is 0.444. The normalized spacial score (nSPS) is 14.2. The molecule has 0 spiro atoms. The number of piperidine rings is 1. The van der Waals surface area contributed by atoms with Crippen molar-refractivity contribution in [3.63, 3.8) is 0 Å². The quantitative estimate of drug-likeness (QED) is 0.215. The highest BCUT2D eigenvalue weighted by Crippen LogP contribution is 2.29. The lowest BCUT2D eigenvalue weighted by Gasteiger charge is -2.34. The molecule has 8 nitrogen and oxygen atoms in total. The van der Waals surface area contributed by atoms with Crippen molar-refractivity contribution in [3.8, 4) is 5.88 Å². The van der Waals surface area contributed by atoms with Crippen LogP contribution in [0.25, 0.3) is 0 Å². The Morgan fingerprint density at radius 2 is 1.98 bits per heavy atom. The number of hydrogen-bond acceptors (Lipinski definition) is 7. The van der Waals surface area contributed by atoms with E-state index >= 15 is 0 Å². The van der Waals surface area contributed by atoms with Crippen LogP contribution in [0.15, 0.2) is 60.8 Å². The molecule has 10 heteroatoms. The van der Waals surface area contributed by atoms with E-state index in [4.69, 9.17) is 21.3 Å². The third-order valence-electron chi connectivity index (χ3n) is 7.54. The van der Waals surface area contributed by atoms with Gasteiger partial charge in [-0.15, -0.1) is 5.10 Å². The maximum Gasteiger partial charge on any atom is 0.213 e. The minimum Gasteiger partial charge on any atom is -0.473 e. The van der Waals surface area contributed by atoms with Crippen LogP contribution in [-0.2, 0) is 20.2 Å². The molecule has 0 saturated carbocycles. The van der Waals surface area contributed by atoms with E-state index < -0.39 is 0 Å². The van der Waals surface area contributed by atoms with Crippen LogP contribution in [0.4, 0.5) is 10.1 Å². The molecule has 2 aromatic carbocycles. The van der Waals surface area contributed by atoms with Gasteiger partial charge in [0.2, 0.25) is 5.88 Å². The van der Waals surface area contributed by atoms with Gasteiger partial charge in [-0.25, -0.2) is 9.37 Å². The first-order valence-electron chi connectivity index (χ1n) is 13.8. The van der Waals surface area contributed by atoms with Gasteiger partial charge >= 0.3 is 0 Å². The van der Waals surface area contributed by atoms with Crippen LogP contribution in [0.5, 0.6) is 5.88 Å². The number of carbonyl (C=O) groups is 1. The Kier molecular flexibility index (Phi) is 9.26. The summed E-state index contributed by atoms with van der Waals surface area (Å²) in [6.07, 6.45) is 4.80. The van der Waals surface area contributed by atoms with Crippen LogP contribution in [0.1, 0.15) is 51.6 Å². The molecule has 0 radical (unpaired) electrons. The number of halogens is 2. The molecule has 1 fully saturated rings. The maximum atomic E-state index is 14.1. The fraction of sp³-hybridized carbons (Fsp3) is 0.355. The molecule has 1 saturated heterocycles. The van der Waals surface area contributed by atoms with Crippen molar-refractivity contribution in [2.24, 2.45) is 7.05 Å². The lowest BCUT2D eigenvalue weighted by molar-refractivity contribution is 0.112. The number of likely N-dealkylation sites (tertiary alicyclic amines) is 1. The maximum absolute atomic E-state index is 14.1. The van der Waals surface area contributed by atoms with Gasteiger partial charge in [0.15, 0.2) is 0 Å². The van der Waals surface area contributed by atoms with Crippen molar-refractivity contribution >= 4 is 23.6 Å². The summed E-state index contributed by atoms with van der Waals surface area (Å²) in [5, 5.41) is 8.73. The molecule has 41 heavy (non-hydrogen) atoms. The van der Waals surface area contributed by atoms with Gasteiger partial charge < -0.3 is 14.5 Å². The molecule has 0 unspecified atom stereocenters. The zero-order valence-electron chi connectivity index (χ0n) is 23.3. The molecular weight excluding hydrogens is 543 g/mol. The van der Waals surface area contributed by atoms with Crippen LogP contribution < -0.4 is 9.64 Å². The summed E-state index contributed by atoms with van der Waals surface area (Å²) < 4.78 is 21.6. The molecule has 0 bridgehead atoms. The molecule has 1 aliphatic heterocycles. The Bertz CT molecular complexity index is 1490. The third-order valence-corrected chi connectivity index (χ3v) is 7.78. The molecule has 2 aromatic heterocycles. The molecule has 0 aliphatic carbocycles. The molecule has 0 atom stereocenters. The molecular formula is C31H34ClFN6O2. The smallest absolute Gasteiger partial charge is 0.213 e. The molecule has 3 heterocycles. The second-order valence-corrected chi connectivity index (χ2v) is 10.9. The average Bonchev–Trinajstić information content (AvgIpc) is 3.40. The largest absolute Gasteiger partial charge is 0.473 e. The number of ether oxygens (including phenoxy) is 1. The number of aldehydes is 1. The van der Waals surface area contributed by atoms with E-state index in [1.54, 1.807) is 22.9 Å². The highest BCUT2D eigenvalue weighted by molar-refractivity contribution is 6.30. The molecule has 5 rings (SSSR count). The number of benzene rings is 2. The predicted molar refractivity (Wildman–Crippen MR) is 157 cm³/mol. The van der Waals surface area contributed by atoms with Crippen LogP contribution in [0.3, 0.4) is 0 Å². The fourth-order valence-electron chi connectivity index (χ4n) is 5.23. The van der Waals surface area contributed by atoms with Crippen molar-refractivity contribution in [1.82, 2.24) is 24.9 Å². The van der Waals surface area contributed by atoms with E-state index in [9.17, 15) is 9.18 Å². The zero-order valence-corrected chi connectivity index (χ0v) is 24.1. The first-order valence-corrected chi connectivity index (χ1v) is 14.2. The summed E-state index contributed by atoms with van der Waals surface area (Å²) in [4.78, 5) is 21.0. The van der Waals surface area contributed by atoms with Gasteiger partial charge in [0.25, 0.3) is 0 Å². The average molecular weight is 577 g/mol. The highest BCUT2D eigenvalue weighted by atomic mass is 35.5. The Balaban J connectivity index is 1.18. The van der Waals surface area contributed by atoms with Crippen molar-refractivity contribution in [2.75, 3.05) is 31.1 Å². The lowest BCUT2D eigenvalue weighted by atomic mass is 9.93. The zero-order chi connectivity index (χ0) is 28.8. The second-order valence-electron chi connectivity index (χ2n) is 10.5. The summed E-state index contributed by atoms with van der Waals surface area (Å²) in [6.45, 7) is 6.38. The van der Waals surface area contributed by atoms with Crippen molar-refractivity contribution < 1.29 is 13.9 Å². The van der Waals surface area contributed by atoms with Crippen LogP contribution in [0.2, 0.25) is 5.02 Å². The van der Waals surface area contributed by atoms with Gasteiger partial charge in [-0.1, -0.05) is 41.1 Å². The first kappa shape index (κ1) is 28.7. The van der Waals surface area contributed by atoms with E-state index in [1.165, 1.54) is 6.07 Å². The number of aryl methyl sites for hydroxylation is 2. The van der Waals surface area contributed by atoms with E-state index in [0.717, 1.165) is 67.9 Å². The Hall–Kier alpha value is -3.82. The van der Waals surface area contributed by atoms with E-state index in [0.29, 0.717) is 34.5 Å². The van der Waals surface area contributed by atoms with E-state index in [-0.39, 0.29) is 12.4 Å². The van der Waals surface area contributed by atoms with Crippen LogP contribution in [-0.4, -0.2) is 57.3 Å².